The van der Waals surface area contributed by atoms with E-state index in [9.17, 15) is 5.11 Å². The summed E-state index contributed by atoms with van der Waals surface area (Å²) in [5.41, 5.74) is 3.13. The molecule has 0 spiro atoms. The third-order valence-corrected chi connectivity index (χ3v) is 2.59. The summed E-state index contributed by atoms with van der Waals surface area (Å²) in [6, 6.07) is 13.2. The number of phenolic OH excluding ortho intramolecular Hbond substituents is 1. The van der Waals surface area contributed by atoms with Crippen molar-refractivity contribution in [3.8, 4) is 22.6 Å². The van der Waals surface area contributed by atoms with Crippen LogP contribution in [0.4, 0.5) is 0 Å². The number of rotatable bonds is 2. The summed E-state index contributed by atoms with van der Waals surface area (Å²) < 4.78 is 5.27. The first-order valence-corrected chi connectivity index (χ1v) is 5.15. The van der Waals surface area contributed by atoms with Gasteiger partial charge >= 0.3 is 0 Å². The molecule has 16 heavy (non-hydrogen) atoms. The quantitative estimate of drug-likeness (QED) is 0.830. The maximum atomic E-state index is 9.42. The molecular formula is C14H14O2. The average Bonchev–Trinajstić information content (AvgIpc) is 2.29. The predicted octanol–water partition coefficient (Wildman–Crippen LogP) is 3.38. The first-order chi connectivity index (χ1) is 7.70. The summed E-state index contributed by atoms with van der Waals surface area (Å²) >= 11 is 0. The van der Waals surface area contributed by atoms with Crippen LogP contribution in [-0.4, -0.2) is 12.2 Å². The van der Waals surface area contributed by atoms with Crippen molar-refractivity contribution in [1.82, 2.24) is 0 Å². The highest BCUT2D eigenvalue weighted by molar-refractivity contribution is 5.67. The Bertz CT molecular complexity index is 504. The van der Waals surface area contributed by atoms with Crippen LogP contribution in [0.15, 0.2) is 42.5 Å². The fourth-order valence-electron chi connectivity index (χ4n) is 1.69. The van der Waals surface area contributed by atoms with Gasteiger partial charge in [-0.15, -0.1) is 0 Å². The maximum absolute atomic E-state index is 9.42. The summed E-state index contributed by atoms with van der Waals surface area (Å²) in [4.78, 5) is 0. The molecule has 82 valence electrons. The van der Waals surface area contributed by atoms with E-state index in [1.54, 1.807) is 19.2 Å². The molecule has 1 N–H and O–H groups in total. The number of hydrogen-bond acceptors (Lipinski definition) is 2. The second-order valence-electron chi connectivity index (χ2n) is 3.73. The van der Waals surface area contributed by atoms with Crippen LogP contribution in [0.25, 0.3) is 11.1 Å². The second kappa shape index (κ2) is 4.27. The number of phenols is 1. The lowest BCUT2D eigenvalue weighted by atomic mass is 10.0. The molecule has 0 unspecified atom stereocenters. The summed E-state index contributed by atoms with van der Waals surface area (Å²) in [6.45, 7) is 2.01. The highest BCUT2D eigenvalue weighted by Crippen LogP contribution is 2.28. The van der Waals surface area contributed by atoms with Crippen molar-refractivity contribution in [2.24, 2.45) is 0 Å². The molecule has 2 nitrogen and oxygen atoms in total. The topological polar surface area (TPSA) is 29.5 Å². The van der Waals surface area contributed by atoms with Gasteiger partial charge < -0.3 is 9.84 Å². The Morgan fingerprint density at radius 3 is 2.44 bits per heavy atom. The molecule has 2 aromatic carbocycles. The fourth-order valence-corrected chi connectivity index (χ4v) is 1.69. The molecule has 0 aromatic heterocycles. The second-order valence-corrected chi connectivity index (χ2v) is 3.73. The van der Waals surface area contributed by atoms with Crippen LogP contribution in [-0.2, 0) is 0 Å². The lowest BCUT2D eigenvalue weighted by molar-refractivity contribution is 0.412. The van der Waals surface area contributed by atoms with Crippen molar-refractivity contribution in [2.45, 2.75) is 6.92 Å². The third kappa shape index (κ3) is 2.01. The minimum Gasteiger partial charge on any atom is -0.508 e. The van der Waals surface area contributed by atoms with Crippen molar-refractivity contribution < 1.29 is 9.84 Å². The lowest BCUT2D eigenvalue weighted by Crippen LogP contribution is -1.87. The number of hydrogen-bond donors (Lipinski definition) is 1. The van der Waals surface area contributed by atoms with Crippen LogP contribution in [0, 0.1) is 6.92 Å². The van der Waals surface area contributed by atoms with Crippen LogP contribution in [0.3, 0.4) is 0 Å². The van der Waals surface area contributed by atoms with Gasteiger partial charge in [0, 0.05) is 0 Å². The normalized spacial score (nSPS) is 10.1. The summed E-state index contributed by atoms with van der Waals surface area (Å²) in [6.07, 6.45) is 0. The SMILES string of the molecule is COc1cc(-c2cccc(O)c2)ccc1C. The van der Waals surface area contributed by atoms with Gasteiger partial charge in [-0.1, -0.05) is 24.3 Å². The lowest BCUT2D eigenvalue weighted by Gasteiger charge is -2.08. The Hall–Kier alpha value is -1.96. The fraction of sp³-hybridized carbons (Fsp3) is 0.143. The number of benzene rings is 2. The van der Waals surface area contributed by atoms with Crippen molar-refractivity contribution in [3.05, 3.63) is 48.0 Å². The third-order valence-electron chi connectivity index (χ3n) is 2.59. The minimum absolute atomic E-state index is 0.275. The van der Waals surface area contributed by atoms with Crippen molar-refractivity contribution in [3.63, 3.8) is 0 Å². The maximum Gasteiger partial charge on any atom is 0.122 e. The first-order valence-electron chi connectivity index (χ1n) is 5.15. The van der Waals surface area contributed by atoms with Gasteiger partial charge in [0.15, 0.2) is 0 Å². The smallest absolute Gasteiger partial charge is 0.122 e. The number of aromatic hydroxyl groups is 1. The van der Waals surface area contributed by atoms with Crippen LogP contribution in [0.2, 0.25) is 0 Å². The van der Waals surface area contributed by atoms with E-state index < -0.39 is 0 Å². The van der Waals surface area contributed by atoms with E-state index >= 15 is 0 Å². The molecule has 0 atom stereocenters. The van der Waals surface area contributed by atoms with Gasteiger partial charge in [0.2, 0.25) is 0 Å². The van der Waals surface area contributed by atoms with Gasteiger partial charge in [-0.25, -0.2) is 0 Å². The number of aryl methyl sites for hydroxylation is 1. The Morgan fingerprint density at radius 1 is 1.00 bits per heavy atom. The van der Waals surface area contributed by atoms with Crippen LogP contribution < -0.4 is 4.74 Å². The Balaban J connectivity index is 2.48. The van der Waals surface area contributed by atoms with Gasteiger partial charge in [0.05, 0.1) is 7.11 Å². The van der Waals surface area contributed by atoms with E-state index in [0.29, 0.717) is 0 Å². The molecule has 0 saturated carbocycles. The number of methoxy groups -OCH3 is 1. The molecule has 2 aromatic rings. The first kappa shape index (κ1) is 10.6. The molecule has 0 aliphatic heterocycles. The Morgan fingerprint density at radius 2 is 1.75 bits per heavy atom. The molecule has 0 amide bonds. The summed E-state index contributed by atoms with van der Waals surface area (Å²) in [5, 5.41) is 9.42. The van der Waals surface area contributed by atoms with E-state index in [1.165, 1.54) is 0 Å². The standard InChI is InChI=1S/C14H14O2/c1-10-6-7-12(9-14(10)16-2)11-4-3-5-13(15)8-11/h3-9,15H,1-2H3. The van der Waals surface area contributed by atoms with E-state index in [1.807, 2.05) is 37.3 Å². The molecule has 0 aliphatic rings. The van der Waals surface area contributed by atoms with Gasteiger partial charge in [0.1, 0.15) is 11.5 Å². The summed E-state index contributed by atoms with van der Waals surface area (Å²) in [7, 11) is 1.66. The zero-order valence-corrected chi connectivity index (χ0v) is 9.40. The Labute approximate surface area is 95.1 Å². The zero-order chi connectivity index (χ0) is 11.5. The molecule has 0 aliphatic carbocycles. The zero-order valence-electron chi connectivity index (χ0n) is 9.40. The summed E-state index contributed by atoms with van der Waals surface area (Å²) in [5.74, 6) is 1.14. The molecule has 0 saturated heterocycles. The van der Waals surface area contributed by atoms with Crippen LogP contribution in [0.5, 0.6) is 11.5 Å². The van der Waals surface area contributed by atoms with Gasteiger partial charge in [-0.2, -0.15) is 0 Å². The van der Waals surface area contributed by atoms with Gasteiger partial charge in [0.25, 0.3) is 0 Å². The van der Waals surface area contributed by atoms with E-state index in [2.05, 4.69) is 0 Å². The van der Waals surface area contributed by atoms with E-state index in [4.69, 9.17) is 4.74 Å². The van der Waals surface area contributed by atoms with Crippen molar-refractivity contribution in [1.29, 1.82) is 0 Å². The van der Waals surface area contributed by atoms with E-state index in [-0.39, 0.29) is 5.75 Å². The van der Waals surface area contributed by atoms with Gasteiger partial charge in [-0.3, -0.25) is 0 Å². The largest absolute Gasteiger partial charge is 0.508 e. The molecule has 2 rings (SSSR count). The van der Waals surface area contributed by atoms with Crippen LogP contribution >= 0.6 is 0 Å². The molecular weight excluding hydrogens is 200 g/mol. The van der Waals surface area contributed by atoms with Crippen LogP contribution in [0.1, 0.15) is 5.56 Å². The molecule has 0 radical (unpaired) electrons. The van der Waals surface area contributed by atoms with Gasteiger partial charge in [-0.05, 0) is 41.8 Å². The predicted molar refractivity (Wildman–Crippen MR) is 64.8 cm³/mol. The average molecular weight is 214 g/mol. The van der Waals surface area contributed by atoms with E-state index in [0.717, 1.165) is 22.4 Å². The Kier molecular flexibility index (Phi) is 2.82. The minimum atomic E-state index is 0.275. The molecule has 0 bridgehead atoms. The molecule has 2 heteroatoms. The monoisotopic (exact) mass is 214 g/mol. The number of ether oxygens (including phenoxy) is 1. The molecule has 0 fully saturated rings. The highest BCUT2D eigenvalue weighted by atomic mass is 16.5. The molecule has 0 heterocycles. The highest BCUT2D eigenvalue weighted by Gasteiger charge is 2.03. The van der Waals surface area contributed by atoms with Crippen molar-refractivity contribution >= 4 is 0 Å². The van der Waals surface area contributed by atoms with Crippen molar-refractivity contribution in [2.75, 3.05) is 7.11 Å².